The first kappa shape index (κ1) is 54.2. The summed E-state index contributed by atoms with van der Waals surface area (Å²) >= 11 is 0. The molecule has 2 aromatic carbocycles. The zero-order valence-corrected chi connectivity index (χ0v) is 39.9. The number of ether oxygens (including phenoxy) is 1. The van der Waals surface area contributed by atoms with E-state index in [9.17, 15) is 58.5 Å². The Morgan fingerprint density at radius 2 is 1.43 bits per heavy atom. The summed E-state index contributed by atoms with van der Waals surface area (Å²) in [6.07, 6.45) is -4.92. The van der Waals surface area contributed by atoms with Crippen molar-refractivity contribution in [3.8, 4) is 5.75 Å². The third-order valence-electron chi connectivity index (χ3n) is 12.0. The van der Waals surface area contributed by atoms with Gasteiger partial charge in [0.05, 0.1) is 6.10 Å². The van der Waals surface area contributed by atoms with Crippen LogP contribution in [0.25, 0.3) is 0 Å². The number of phenols is 1. The maximum Gasteiger partial charge on any atom is 0.329 e. The van der Waals surface area contributed by atoms with E-state index in [0.717, 1.165) is 9.80 Å². The standard InChI is InChI=1S/C48H67N7O13/c1-9-13-36(58)43(62)52-39(27(6)56)44(63)53-40-28(7)68-48(67)38(26(4)5)51-42(61)34(23-30-16-18-31(57)19-17-30)54(8)47(66)35(24-29-14-11-10-12-15-29)55-37(59)21-20-32(46(55)65)49-41(60)33(22-25(2)3)50-45(40)64/h10-12,14-19,25-28,32-35,37-40,56-57,59H,9,13,20-24H2,1-8H3,(H,49,60)(H,50,64)(H,51,61)(H,52,62)(H,53,63)/t27-,28+,32?,33-,34?,35-,37+,38-,39-,40-/m0/s1. The summed E-state index contributed by atoms with van der Waals surface area (Å²) in [5.41, 5.74) is 1.10. The largest absolute Gasteiger partial charge is 0.508 e. The molecule has 0 radical (unpaired) electrons. The van der Waals surface area contributed by atoms with Crippen LogP contribution in [-0.4, -0.2) is 146 Å². The van der Waals surface area contributed by atoms with Crippen molar-refractivity contribution in [1.82, 2.24) is 36.4 Å². The Balaban J connectivity index is 1.87. The molecule has 2 heterocycles. The van der Waals surface area contributed by atoms with E-state index in [1.807, 2.05) is 0 Å². The highest BCUT2D eigenvalue weighted by Gasteiger charge is 2.46. The third-order valence-corrected chi connectivity index (χ3v) is 12.0. The molecule has 2 aromatic rings. The molecular formula is C48H67N7O13. The molecule has 0 aromatic heterocycles. The molecule has 0 spiro atoms. The van der Waals surface area contributed by atoms with Crippen LogP contribution in [0.5, 0.6) is 5.75 Å². The number of carbonyl (C=O) groups excluding carboxylic acids is 9. The van der Waals surface area contributed by atoms with Crippen LogP contribution in [0.15, 0.2) is 54.6 Å². The molecule has 20 nitrogen and oxygen atoms in total. The molecule has 8 N–H and O–H groups in total. The number of rotatable bonds is 14. The number of cyclic esters (lactones) is 1. The maximum atomic E-state index is 15.0. The third kappa shape index (κ3) is 14.3. The second kappa shape index (κ2) is 24.6. The number of likely N-dealkylation sites (N-methyl/N-ethyl adjacent to an activating group) is 1. The fraction of sp³-hybridized carbons (Fsp3) is 0.562. The number of hydrogen-bond acceptors (Lipinski definition) is 13. The molecule has 10 atom stereocenters. The molecule has 4 rings (SSSR count). The number of benzene rings is 2. The van der Waals surface area contributed by atoms with Gasteiger partial charge < -0.3 is 56.4 Å². The number of aliphatic hydroxyl groups is 2. The molecule has 2 bridgehead atoms. The lowest BCUT2D eigenvalue weighted by atomic mass is 9.95. The second-order valence-electron chi connectivity index (χ2n) is 18.3. The van der Waals surface area contributed by atoms with Crippen molar-refractivity contribution in [2.24, 2.45) is 11.8 Å². The Morgan fingerprint density at radius 1 is 0.809 bits per heavy atom. The molecule has 2 aliphatic rings. The van der Waals surface area contributed by atoms with Gasteiger partial charge in [-0.1, -0.05) is 77.1 Å². The fourth-order valence-corrected chi connectivity index (χ4v) is 8.11. The first-order valence-electron chi connectivity index (χ1n) is 23.1. The molecule has 0 aliphatic carbocycles. The number of phenolic OH excluding ortho intramolecular Hbond substituents is 1. The number of nitrogens with zero attached hydrogens (tertiary/aromatic N) is 2. The van der Waals surface area contributed by atoms with Gasteiger partial charge in [0.25, 0.3) is 5.91 Å². The van der Waals surface area contributed by atoms with Crippen molar-refractivity contribution in [1.29, 1.82) is 0 Å². The topological polar surface area (TPSA) is 290 Å². The van der Waals surface area contributed by atoms with E-state index in [2.05, 4.69) is 26.6 Å². The highest BCUT2D eigenvalue weighted by atomic mass is 16.5. The summed E-state index contributed by atoms with van der Waals surface area (Å²) < 4.78 is 5.82. The van der Waals surface area contributed by atoms with E-state index in [-0.39, 0.29) is 50.2 Å². The number of esters is 1. The van der Waals surface area contributed by atoms with Crippen molar-refractivity contribution in [3.63, 3.8) is 0 Å². The van der Waals surface area contributed by atoms with Gasteiger partial charge in [0.1, 0.15) is 60.4 Å². The number of nitrogens with one attached hydrogen (secondary N) is 5. The highest BCUT2D eigenvalue weighted by molar-refractivity contribution is 6.36. The minimum atomic E-state index is -1.84. The Labute approximate surface area is 396 Å². The van der Waals surface area contributed by atoms with Crippen molar-refractivity contribution in [2.45, 2.75) is 154 Å². The minimum Gasteiger partial charge on any atom is -0.508 e. The molecule has 2 unspecified atom stereocenters. The van der Waals surface area contributed by atoms with Crippen molar-refractivity contribution in [3.05, 3.63) is 65.7 Å². The molecular weight excluding hydrogens is 883 g/mol. The summed E-state index contributed by atoms with van der Waals surface area (Å²) in [5.74, 6) is -9.54. The van der Waals surface area contributed by atoms with Crippen molar-refractivity contribution >= 4 is 53.1 Å². The van der Waals surface area contributed by atoms with Gasteiger partial charge in [-0.3, -0.25) is 38.4 Å². The molecule has 2 aliphatic heterocycles. The molecule has 20 heteroatoms. The van der Waals surface area contributed by atoms with E-state index < -0.39 is 120 Å². The van der Waals surface area contributed by atoms with Crippen LogP contribution in [0.2, 0.25) is 0 Å². The predicted octanol–water partition coefficient (Wildman–Crippen LogP) is 0.135. The first-order chi connectivity index (χ1) is 32.0. The van der Waals surface area contributed by atoms with Gasteiger partial charge in [-0.15, -0.1) is 0 Å². The zero-order valence-electron chi connectivity index (χ0n) is 39.9. The second-order valence-corrected chi connectivity index (χ2v) is 18.3. The van der Waals surface area contributed by atoms with E-state index in [0.29, 0.717) is 17.5 Å². The van der Waals surface area contributed by atoms with E-state index in [1.165, 1.54) is 33.0 Å². The minimum absolute atomic E-state index is 0.00462. The van der Waals surface area contributed by atoms with E-state index in [1.54, 1.807) is 77.1 Å². The summed E-state index contributed by atoms with van der Waals surface area (Å²) in [7, 11) is 1.35. The fourth-order valence-electron chi connectivity index (χ4n) is 8.11. The summed E-state index contributed by atoms with van der Waals surface area (Å²) in [4.78, 5) is 128. The number of carbonyl (C=O) groups is 9. The van der Waals surface area contributed by atoms with Crippen molar-refractivity contribution in [2.75, 3.05) is 7.05 Å². The summed E-state index contributed by atoms with van der Waals surface area (Å²) in [5, 5.41) is 44.7. The number of fused-ring (bicyclic) bond motifs is 2. The monoisotopic (exact) mass is 949 g/mol. The van der Waals surface area contributed by atoms with Gasteiger partial charge in [0, 0.05) is 26.3 Å². The molecule has 2 saturated heterocycles. The number of hydrogen-bond donors (Lipinski definition) is 8. The Hall–Kier alpha value is -6.41. The number of aliphatic hydroxyl groups excluding tert-OH is 2. The molecule has 68 heavy (non-hydrogen) atoms. The van der Waals surface area contributed by atoms with Crippen LogP contribution in [0.1, 0.15) is 91.7 Å². The molecule has 0 saturated carbocycles. The van der Waals surface area contributed by atoms with Gasteiger partial charge in [-0.2, -0.15) is 0 Å². The summed E-state index contributed by atoms with van der Waals surface area (Å²) in [6.45, 7) is 10.8. The number of amides is 7. The van der Waals surface area contributed by atoms with Gasteiger partial charge >= 0.3 is 5.97 Å². The lowest BCUT2D eigenvalue weighted by molar-refractivity contribution is -0.165. The number of Topliss-reactive ketones (excluding diaryl/α,β-unsaturated/α-hetero) is 1. The summed E-state index contributed by atoms with van der Waals surface area (Å²) in [6, 6.07) is 3.99. The van der Waals surface area contributed by atoms with Crippen LogP contribution >= 0.6 is 0 Å². The highest BCUT2D eigenvalue weighted by Crippen LogP contribution is 2.26. The Kier molecular flexibility index (Phi) is 19.6. The van der Waals surface area contributed by atoms with Gasteiger partial charge in [-0.05, 0) is 74.6 Å². The predicted molar refractivity (Wildman–Crippen MR) is 245 cm³/mol. The van der Waals surface area contributed by atoms with E-state index in [4.69, 9.17) is 4.74 Å². The lowest BCUT2D eigenvalue weighted by Crippen LogP contribution is -2.65. The Bertz CT molecular complexity index is 2130. The number of piperidine rings is 1. The molecule has 372 valence electrons. The Morgan fingerprint density at radius 3 is 2.01 bits per heavy atom. The molecule has 7 amide bonds. The normalized spacial score (nSPS) is 25.5. The smallest absolute Gasteiger partial charge is 0.329 e. The average molecular weight is 950 g/mol. The SMILES string of the molecule is CCCC(=O)C(=O)N[C@H](C(=O)N[C@@H]1C(=O)N[C@@H](CC(C)C)C(=O)NC2CC[C@@H](O)N(C2=O)[C@@H](Cc2ccccc2)C(=O)N(C)C(Cc2ccc(O)cc2)C(=O)N[C@@H](C(C)C)C(=O)O[C@@H]1C)[C@H](C)O. The van der Waals surface area contributed by atoms with Gasteiger partial charge in [0.15, 0.2) is 0 Å². The lowest BCUT2D eigenvalue weighted by Gasteiger charge is -2.43. The van der Waals surface area contributed by atoms with Crippen LogP contribution in [0.3, 0.4) is 0 Å². The zero-order chi connectivity index (χ0) is 50.6. The quantitative estimate of drug-likeness (QED) is 0.0925. The van der Waals surface area contributed by atoms with Crippen molar-refractivity contribution < 1.29 is 63.2 Å². The number of ketones is 1. The van der Waals surface area contributed by atoms with Crippen LogP contribution in [0, 0.1) is 11.8 Å². The van der Waals surface area contributed by atoms with Gasteiger partial charge in [-0.25, -0.2) is 4.79 Å². The average Bonchev–Trinajstić information content (AvgIpc) is 3.28. The first-order valence-corrected chi connectivity index (χ1v) is 23.1. The van der Waals surface area contributed by atoms with Gasteiger partial charge in [0.2, 0.25) is 41.2 Å². The van der Waals surface area contributed by atoms with E-state index >= 15 is 0 Å². The maximum absolute atomic E-state index is 15.0. The molecule has 2 fully saturated rings. The van der Waals surface area contributed by atoms with Crippen LogP contribution in [0.4, 0.5) is 0 Å². The van der Waals surface area contributed by atoms with Crippen LogP contribution < -0.4 is 26.6 Å². The number of aromatic hydroxyl groups is 1. The van der Waals surface area contributed by atoms with Crippen LogP contribution in [-0.2, 0) is 60.7 Å².